The SMILES string of the molecule is CCC1=C[C@](C)(CC)N2C(=O)[C@@]3(C(C#N)=C(N)OC4=C3C(=O)CCC4)c3cc(C)cc1c32. The molecule has 3 heterocycles. The van der Waals surface area contributed by atoms with Gasteiger partial charge in [0.25, 0.3) is 0 Å². The minimum absolute atomic E-state index is 0.0233. The van der Waals surface area contributed by atoms with Crippen molar-refractivity contribution < 1.29 is 14.3 Å². The number of Topliss-reactive ketones (excluding diaryl/α,β-unsaturated/α-hetero) is 1. The van der Waals surface area contributed by atoms with E-state index in [-0.39, 0.29) is 23.1 Å². The van der Waals surface area contributed by atoms with Gasteiger partial charge < -0.3 is 15.4 Å². The van der Waals surface area contributed by atoms with Crippen molar-refractivity contribution in [3.63, 3.8) is 0 Å². The van der Waals surface area contributed by atoms with Crippen molar-refractivity contribution in [3.05, 3.63) is 57.7 Å². The number of hydrogen-bond donors (Lipinski definition) is 1. The maximum atomic E-state index is 14.6. The van der Waals surface area contributed by atoms with Crippen molar-refractivity contribution in [1.29, 1.82) is 5.26 Å². The predicted molar refractivity (Wildman–Crippen MR) is 121 cm³/mol. The highest BCUT2D eigenvalue weighted by Gasteiger charge is 2.65. The molecule has 4 aliphatic rings. The summed E-state index contributed by atoms with van der Waals surface area (Å²) in [5, 5.41) is 10.2. The Morgan fingerprint density at radius 1 is 1.25 bits per heavy atom. The number of nitrogens with zero attached hydrogens (tertiary/aromatic N) is 2. The van der Waals surface area contributed by atoms with E-state index < -0.39 is 11.0 Å². The van der Waals surface area contributed by atoms with E-state index >= 15 is 0 Å². The lowest BCUT2D eigenvalue weighted by atomic mass is 9.64. The van der Waals surface area contributed by atoms with Crippen molar-refractivity contribution in [3.8, 4) is 6.07 Å². The van der Waals surface area contributed by atoms with Crippen LogP contribution in [-0.4, -0.2) is 17.2 Å². The van der Waals surface area contributed by atoms with E-state index in [1.165, 1.54) is 5.57 Å². The summed E-state index contributed by atoms with van der Waals surface area (Å²) >= 11 is 0. The third-order valence-electron chi connectivity index (χ3n) is 7.55. The molecule has 2 N–H and O–H groups in total. The largest absolute Gasteiger partial charge is 0.444 e. The number of carbonyl (C=O) groups excluding carboxylic acids is 2. The molecule has 1 aliphatic carbocycles. The van der Waals surface area contributed by atoms with Crippen LogP contribution in [0.2, 0.25) is 0 Å². The molecule has 0 saturated heterocycles. The van der Waals surface area contributed by atoms with Crippen LogP contribution >= 0.6 is 0 Å². The Kier molecular flexibility index (Phi) is 4.23. The highest BCUT2D eigenvalue weighted by molar-refractivity contribution is 6.22. The molecule has 1 spiro atoms. The first-order valence-corrected chi connectivity index (χ1v) is 11.3. The molecule has 1 aromatic rings. The zero-order chi connectivity index (χ0) is 23.0. The van der Waals surface area contributed by atoms with Gasteiger partial charge in [0.2, 0.25) is 11.8 Å². The molecule has 1 amide bonds. The first-order chi connectivity index (χ1) is 15.2. The number of benzene rings is 1. The van der Waals surface area contributed by atoms with Crippen LogP contribution in [-0.2, 0) is 19.7 Å². The summed E-state index contributed by atoms with van der Waals surface area (Å²) in [5.41, 5.74) is 9.08. The number of amides is 1. The van der Waals surface area contributed by atoms with Crippen LogP contribution in [0.25, 0.3) is 5.57 Å². The quantitative estimate of drug-likeness (QED) is 0.757. The second kappa shape index (κ2) is 6.59. The Hall–Kier alpha value is -3.33. The van der Waals surface area contributed by atoms with Gasteiger partial charge in [0.1, 0.15) is 22.8 Å². The third-order valence-corrected chi connectivity index (χ3v) is 7.55. The number of rotatable bonds is 2. The van der Waals surface area contributed by atoms with Crippen LogP contribution in [0.1, 0.15) is 69.6 Å². The van der Waals surface area contributed by atoms with E-state index in [9.17, 15) is 14.9 Å². The van der Waals surface area contributed by atoms with E-state index in [1.807, 2.05) is 24.8 Å². The van der Waals surface area contributed by atoms with Gasteiger partial charge in [0, 0.05) is 24.0 Å². The summed E-state index contributed by atoms with van der Waals surface area (Å²) in [6, 6.07) is 6.21. The van der Waals surface area contributed by atoms with Crippen molar-refractivity contribution in [2.75, 3.05) is 4.90 Å². The van der Waals surface area contributed by atoms with E-state index in [4.69, 9.17) is 10.5 Å². The zero-order valence-corrected chi connectivity index (χ0v) is 19.0. The fraction of sp³-hybridized carbons (Fsp3) is 0.423. The second-order valence-corrected chi connectivity index (χ2v) is 9.36. The predicted octanol–water partition coefficient (Wildman–Crippen LogP) is 4.29. The first kappa shape index (κ1) is 20.6. The number of hydrogen-bond acceptors (Lipinski definition) is 5. The molecule has 0 radical (unpaired) electrons. The van der Waals surface area contributed by atoms with Gasteiger partial charge in [-0.15, -0.1) is 0 Å². The number of ether oxygens (including phenoxy) is 1. The van der Waals surface area contributed by atoms with E-state index in [0.29, 0.717) is 42.6 Å². The molecule has 0 fully saturated rings. The van der Waals surface area contributed by atoms with Gasteiger partial charge in [-0.05, 0) is 44.7 Å². The fourth-order valence-electron chi connectivity index (χ4n) is 5.94. The lowest BCUT2D eigenvalue weighted by molar-refractivity contribution is -0.125. The molecule has 3 aliphatic heterocycles. The minimum atomic E-state index is -1.55. The smallest absolute Gasteiger partial charge is 0.248 e. The molecule has 0 aromatic heterocycles. The van der Waals surface area contributed by atoms with E-state index in [1.54, 1.807) is 0 Å². The number of nitriles is 1. The Morgan fingerprint density at radius 3 is 2.66 bits per heavy atom. The van der Waals surface area contributed by atoms with Crippen LogP contribution in [0, 0.1) is 18.3 Å². The molecule has 5 rings (SSSR count). The summed E-state index contributed by atoms with van der Waals surface area (Å²) in [5.74, 6) is -0.0631. The third kappa shape index (κ3) is 2.24. The molecule has 0 bridgehead atoms. The molecular formula is C26H27N3O3. The van der Waals surface area contributed by atoms with Crippen LogP contribution < -0.4 is 10.6 Å². The zero-order valence-electron chi connectivity index (χ0n) is 19.0. The Bertz CT molecular complexity index is 1250. The summed E-state index contributed by atoms with van der Waals surface area (Å²) < 4.78 is 5.79. The highest BCUT2D eigenvalue weighted by Crippen LogP contribution is 2.60. The van der Waals surface area contributed by atoms with Crippen molar-refractivity contribution in [2.45, 2.75) is 70.8 Å². The van der Waals surface area contributed by atoms with Crippen molar-refractivity contribution in [2.24, 2.45) is 5.73 Å². The summed E-state index contributed by atoms with van der Waals surface area (Å²) in [6.45, 7) is 8.19. The van der Waals surface area contributed by atoms with Gasteiger partial charge in [-0.2, -0.15) is 5.26 Å². The highest BCUT2D eigenvalue weighted by atomic mass is 16.5. The fourth-order valence-corrected chi connectivity index (χ4v) is 5.94. The summed E-state index contributed by atoms with van der Waals surface area (Å²) in [6.07, 6.45) is 5.18. The molecule has 164 valence electrons. The maximum Gasteiger partial charge on any atom is 0.248 e. The number of fused-ring (bicyclic) bond motifs is 2. The second-order valence-electron chi connectivity index (χ2n) is 9.36. The monoisotopic (exact) mass is 429 g/mol. The van der Waals surface area contributed by atoms with E-state index in [0.717, 1.165) is 23.2 Å². The molecule has 6 nitrogen and oxygen atoms in total. The van der Waals surface area contributed by atoms with Crippen LogP contribution in [0.3, 0.4) is 0 Å². The Morgan fingerprint density at radius 2 is 2.00 bits per heavy atom. The summed E-state index contributed by atoms with van der Waals surface area (Å²) in [4.78, 5) is 29.7. The van der Waals surface area contributed by atoms with Gasteiger partial charge in [-0.1, -0.05) is 31.6 Å². The van der Waals surface area contributed by atoms with Crippen molar-refractivity contribution >= 4 is 23.0 Å². The van der Waals surface area contributed by atoms with Gasteiger partial charge in [-0.25, -0.2) is 0 Å². The number of carbonyl (C=O) groups is 2. The average molecular weight is 430 g/mol. The lowest BCUT2D eigenvalue weighted by Crippen LogP contribution is -2.55. The molecule has 32 heavy (non-hydrogen) atoms. The number of anilines is 1. The molecule has 2 atom stereocenters. The lowest BCUT2D eigenvalue weighted by Gasteiger charge is -2.43. The first-order valence-electron chi connectivity index (χ1n) is 11.3. The van der Waals surface area contributed by atoms with Gasteiger partial charge in [0.15, 0.2) is 5.78 Å². The molecular weight excluding hydrogens is 402 g/mol. The topological polar surface area (TPSA) is 96.4 Å². The molecule has 1 aromatic carbocycles. The summed E-state index contributed by atoms with van der Waals surface area (Å²) in [7, 11) is 0. The normalized spacial score (nSPS) is 28.5. The van der Waals surface area contributed by atoms with Gasteiger partial charge in [0.05, 0.1) is 16.8 Å². The van der Waals surface area contributed by atoms with E-state index in [2.05, 4.69) is 32.1 Å². The molecule has 0 unspecified atom stereocenters. The minimum Gasteiger partial charge on any atom is -0.444 e. The van der Waals surface area contributed by atoms with Crippen LogP contribution in [0.4, 0.5) is 5.69 Å². The number of allylic oxidation sites excluding steroid dienone is 2. The number of aryl methyl sites for hydroxylation is 1. The maximum absolute atomic E-state index is 14.6. The number of ketones is 1. The molecule has 6 heteroatoms. The Balaban J connectivity index is 1.97. The standard InChI is InChI=1S/C26H27N3O3/c1-5-15-12-25(4,6-2)29-22-16(15)10-14(3)11-17(22)26(24(29)31)18(13-27)23(28)32-20-9-7-8-19(30)21(20)26/h10-12H,5-9,28H2,1-4H3/t25-,26+/m0/s1. The average Bonchev–Trinajstić information content (AvgIpc) is 3.01. The van der Waals surface area contributed by atoms with Crippen molar-refractivity contribution in [1.82, 2.24) is 0 Å². The number of nitrogens with two attached hydrogens (primary N) is 1. The van der Waals surface area contributed by atoms with Gasteiger partial charge >= 0.3 is 0 Å². The van der Waals surface area contributed by atoms with Gasteiger partial charge in [-0.3, -0.25) is 9.59 Å². The Labute approximate surface area is 188 Å². The van der Waals surface area contributed by atoms with Crippen LogP contribution in [0.15, 0.2) is 41.0 Å². The molecule has 0 saturated carbocycles. The van der Waals surface area contributed by atoms with Crippen LogP contribution in [0.5, 0.6) is 0 Å².